The first-order valence-electron chi connectivity index (χ1n) is 6.50. The summed E-state index contributed by atoms with van der Waals surface area (Å²) in [5.41, 5.74) is 3.74. The predicted octanol–water partition coefficient (Wildman–Crippen LogP) is 4.42. The maximum absolute atomic E-state index is 4.57. The van der Waals surface area contributed by atoms with Gasteiger partial charge in [0.05, 0.1) is 10.7 Å². The van der Waals surface area contributed by atoms with E-state index < -0.39 is 0 Å². The standard InChI is InChI=1S/C15H19BrN2S/c1-4-17-15(8-12-9-19-11(3)18-12)13-6-5-10(2)7-14(13)16/h5-7,9,15,17H,4,8H2,1-3H3. The summed E-state index contributed by atoms with van der Waals surface area (Å²) >= 11 is 5.39. The first-order chi connectivity index (χ1) is 9.10. The van der Waals surface area contributed by atoms with Crippen molar-refractivity contribution in [3.8, 4) is 0 Å². The van der Waals surface area contributed by atoms with E-state index in [4.69, 9.17) is 0 Å². The Hall–Kier alpha value is -0.710. The van der Waals surface area contributed by atoms with Crippen molar-refractivity contribution in [1.29, 1.82) is 0 Å². The summed E-state index contributed by atoms with van der Waals surface area (Å²) in [6.07, 6.45) is 0.930. The molecule has 4 heteroatoms. The summed E-state index contributed by atoms with van der Waals surface area (Å²) in [6, 6.07) is 6.84. The zero-order valence-corrected chi connectivity index (χ0v) is 13.9. The first-order valence-corrected chi connectivity index (χ1v) is 8.18. The van der Waals surface area contributed by atoms with Crippen LogP contribution in [0.2, 0.25) is 0 Å². The highest BCUT2D eigenvalue weighted by atomic mass is 79.9. The minimum absolute atomic E-state index is 0.307. The Morgan fingerprint density at radius 2 is 2.16 bits per heavy atom. The fourth-order valence-electron chi connectivity index (χ4n) is 2.16. The molecule has 0 aliphatic carbocycles. The average Bonchev–Trinajstić information content (AvgIpc) is 2.74. The molecule has 2 nitrogen and oxygen atoms in total. The zero-order chi connectivity index (χ0) is 13.8. The molecule has 102 valence electrons. The van der Waals surface area contributed by atoms with E-state index >= 15 is 0 Å². The fraction of sp³-hybridized carbons (Fsp3) is 0.400. The van der Waals surface area contributed by atoms with Crippen LogP contribution in [-0.2, 0) is 6.42 Å². The third-order valence-electron chi connectivity index (χ3n) is 3.06. The second kappa shape index (κ2) is 6.64. The SMILES string of the molecule is CCNC(Cc1csc(C)n1)c1ccc(C)cc1Br. The molecule has 0 fully saturated rings. The van der Waals surface area contributed by atoms with Gasteiger partial charge in [0.2, 0.25) is 0 Å². The molecule has 1 unspecified atom stereocenters. The van der Waals surface area contributed by atoms with Crippen molar-refractivity contribution in [2.24, 2.45) is 0 Å². The number of aryl methyl sites for hydroxylation is 2. The maximum Gasteiger partial charge on any atom is 0.0897 e. The van der Waals surface area contributed by atoms with Crippen LogP contribution in [0.3, 0.4) is 0 Å². The van der Waals surface area contributed by atoms with Crippen LogP contribution in [0, 0.1) is 13.8 Å². The molecular weight excluding hydrogens is 320 g/mol. The maximum atomic E-state index is 4.57. The van der Waals surface area contributed by atoms with Crippen molar-refractivity contribution in [2.45, 2.75) is 33.2 Å². The number of halogens is 1. The smallest absolute Gasteiger partial charge is 0.0897 e. The molecule has 1 aromatic carbocycles. The van der Waals surface area contributed by atoms with E-state index in [1.54, 1.807) is 11.3 Å². The van der Waals surface area contributed by atoms with Crippen LogP contribution >= 0.6 is 27.3 Å². The molecule has 2 aromatic rings. The molecule has 0 radical (unpaired) electrons. The van der Waals surface area contributed by atoms with Gasteiger partial charge in [0, 0.05) is 22.3 Å². The van der Waals surface area contributed by atoms with E-state index in [1.165, 1.54) is 21.3 Å². The van der Waals surface area contributed by atoms with Gasteiger partial charge in [-0.1, -0.05) is 35.0 Å². The predicted molar refractivity (Wildman–Crippen MR) is 85.9 cm³/mol. The van der Waals surface area contributed by atoms with Crippen LogP contribution in [0.5, 0.6) is 0 Å². The lowest BCUT2D eigenvalue weighted by Crippen LogP contribution is -2.23. The van der Waals surface area contributed by atoms with Crippen LogP contribution in [0.4, 0.5) is 0 Å². The molecule has 0 aliphatic rings. The topological polar surface area (TPSA) is 24.9 Å². The van der Waals surface area contributed by atoms with Gasteiger partial charge in [-0.15, -0.1) is 11.3 Å². The summed E-state index contributed by atoms with van der Waals surface area (Å²) < 4.78 is 1.17. The molecule has 0 spiro atoms. The Bertz CT molecular complexity index is 551. The Labute approximate surface area is 127 Å². The Morgan fingerprint density at radius 3 is 2.74 bits per heavy atom. The van der Waals surface area contributed by atoms with Crippen molar-refractivity contribution in [2.75, 3.05) is 6.54 Å². The number of rotatable bonds is 5. The van der Waals surface area contributed by atoms with Gasteiger partial charge in [0.25, 0.3) is 0 Å². The van der Waals surface area contributed by atoms with E-state index in [-0.39, 0.29) is 0 Å². The lowest BCUT2D eigenvalue weighted by molar-refractivity contribution is 0.543. The van der Waals surface area contributed by atoms with E-state index in [0.29, 0.717) is 6.04 Å². The monoisotopic (exact) mass is 338 g/mol. The number of likely N-dealkylation sites (N-methyl/N-ethyl adjacent to an activating group) is 1. The van der Waals surface area contributed by atoms with E-state index in [0.717, 1.165) is 18.0 Å². The van der Waals surface area contributed by atoms with Gasteiger partial charge in [-0.2, -0.15) is 0 Å². The molecule has 0 aliphatic heterocycles. The molecule has 19 heavy (non-hydrogen) atoms. The highest BCUT2D eigenvalue weighted by Crippen LogP contribution is 2.27. The normalized spacial score (nSPS) is 12.6. The average molecular weight is 339 g/mol. The van der Waals surface area contributed by atoms with E-state index in [2.05, 4.69) is 70.6 Å². The molecule has 0 saturated carbocycles. The van der Waals surface area contributed by atoms with Crippen molar-refractivity contribution in [3.63, 3.8) is 0 Å². The zero-order valence-electron chi connectivity index (χ0n) is 11.5. The van der Waals surface area contributed by atoms with Crippen LogP contribution in [-0.4, -0.2) is 11.5 Å². The fourth-order valence-corrected chi connectivity index (χ4v) is 3.56. The summed E-state index contributed by atoms with van der Waals surface area (Å²) in [4.78, 5) is 4.57. The second-order valence-electron chi connectivity index (χ2n) is 4.70. The van der Waals surface area contributed by atoms with Crippen molar-refractivity contribution in [3.05, 3.63) is 49.9 Å². The second-order valence-corrected chi connectivity index (χ2v) is 6.61. The number of nitrogens with zero attached hydrogens (tertiary/aromatic N) is 1. The first kappa shape index (κ1) is 14.7. The minimum atomic E-state index is 0.307. The van der Waals surface area contributed by atoms with Crippen molar-refractivity contribution < 1.29 is 0 Å². The van der Waals surface area contributed by atoms with Crippen molar-refractivity contribution >= 4 is 27.3 Å². The highest BCUT2D eigenvalue weighted by Gasteiger charge is 2.15. The quantitative estimate of drug-likeness (QED) is 0.872. The van der Waals surface area contributed by atoms with Gasteiger partial charge >= 0.3 is 0 Å². The number of aromatic nitrogens is 1. The Morgan fingerprint density at radius 1 is 1.37 bits per heavy atom. The van der Waals surface area contributed by atoms with Gasteiger partial charge in [0.15, 0.2) is 0 Å². The molecule has 1 atom stereocenters. The molecule has 1 aromatic heterocycles. The molecule has 0 amide bonds. The third-order valence-corrected chi connectivity index (χ3v) is 4.57. The molecule has 0 bridgehead atoms. The van der Waals surface area contributed by atoms with Crippen LogP contribution < -0.4 is 5.32 Å². The molecular formula is C15H19BrN2S. The minimum Gasteiger partial charge on any atom is -0.310 e. The number of hydrogen-bond acceptors (Lipinski definition) is 3. The van der Waals surface area contributed by atoms with Crippen LogP contribution in [0.15, 0.2) is 28.1 Å². The van der Waals surface area contributed by atoms with Gasteiger partial charge in [-0.3, -0.25) is 0 Å². The van der Waals surface area contributed by atoms with Gasteiger partial charge < -0.3 is 5.32 Å². The lowest BCUT2D eigenvalue weighted by Gasteiger charge is -2.19. The summed E-state index contributed by atoms with van der Waals surface area (Å²) in [5.74, 6) is 0. The van der Waals surface area contributed by atoms with Gasteiger partial charge in [0.1, 0.15) is 0 Å². The van der Waals surface area contributed by atoms with Gasteiger partial charge in [-0.25, -0.2) is 4.98 Å². The molecule has 0 saturated heterocycles. The summed E-state index contributed by atoms with van der Waals surface area (Å²) in [7, 11) is 0. The van der Waals surface area contributed by atoms with E-state index in [9.17, 15) is 0 Å². The number of hydrogen-bond donors (Lipinski definition) is 1. The summed E-state index contributed by atoms with van der Waals surface area (Å²) in [5, 5.41) is 6.84. The van der Waals surface area contributed by atoms with Gasteiger partial charge in [-0.05, 0) is 37.6 Å². The largest absolute Gasteiger partial charge is 0.310 e. The Balaban J connectivity index is 2.23. The molecule has 2 rings (SSSR count). The van der Waals surface area contributed by atoms with Crippen LogP contribution in [0.1, 0.15) is 34.8 Å². The third kappa shape index (κ3) is 3.88. The molecule has 1 N–H and O–H groups in total. The van der Waals surface area contributed by atoms with Crippen molar-refractivity contribution in [1.82, 2.24) is 10.3 Å². The number of nitrogens with one attached hydrogen (secondary N) is 1. The summed E-state index contributed by atoms with van der Waals surface area (Å²) in [6.45, 7) is 7.26. The van der Waals surface area contributed by atoms with E-state index in [1.807, 2.05) is 0 Å². The lowest BCUT2D eigenvalue weighted by atomic mass is 10.0. The number of thiazole rings is 1. The number of benzene rings is 1. The molecule has 1 heterocycles. The van der Waals surface area contributed by atoms with Crippen LogP contribution in [0.25, 0.3) is 0 Å². The highest BCUT2D eigenvalue weighted by molar-refractivity contribution is 9.10. The Kier molecular flexibility index (Phi) is 5.13.